The lowest BCUT2D eigenvalue weighted by atomic mass is 9.39. The number of methoxy groups -OCH3 is 1. The summed E-state index contributed by atoms with van der Waals surface area (Å²) < 4.78 is 16.2. The van der Waals surface area contributed by atoms with Gasteiger partial charge in [0.15, 0.2) is 0 Å². The summed E-state index contributed by atoms with van der Waals surface area (Å²) in [5.74, 6) is -1.06. The van der Waals surface area contributed by atoms with Crippen molar-refractivity contribution in [3.63, 3.8) is 0 Å². The highest BCUT2D eigenvalue weighted by Crippen LogP contribution is 2.69. The maximum absolute atomic E-state index is 14.0. The molecular weight excluding hydrogens is 456 g/mol. The molecule has 2 heterocycles. The molecule has 1 aromatic heterocycles. The predicted molar refractivity (Wildman–Crippen MR) is 125 cm³/mol. The lowest BCUT2D eigenvalue weighted by Crippen LogP contribution is -2.66. The summed E-state index contributed by atoms with van der Waals surface area (Å²) in [6, 6.07) is 1.85. The number of esters is 2. The molecule has 3 saturated carbocycles. The highest BCUT2D eigenvalue weighted by molar-refractivity contribution is 6.23. The monoisotopic (exact) mass is 488 g/mol. The van der Waals surface area contributed by atoms with Gasteiger partial charge in [0.2, 0.25) is 0 Å². The Labute approximate surface area is 205 Å². The number of Topliss-reactive ketones (excluding diaryl/α,β-unsaturated/α-hetero) is 1. The van der Waals surface area contributed by atoms with Gasteiger partial charge in [0, 0.05) is 40.2 Å². The molecular formula is C27H33ClO6. The minimum absolute atomic E-state index is 0.0181. The van der Waals surface area contributed by atoms with Gasteiger partial charge in [-0.3, -0.25) is 9.59 Å². The first-order valence-electron chi connectivity index (χ1n) is 12.2. The number of ether oxygens (including phenoxy) is 2. The van der Waals surface area contributed by atoms with Crippen molar-refractivity contribution >= 4 is 29.3 Å². The van der Waals surface area contributed by atoms with Gasteiger partial charge in [-0.15, -0.1) is 11.6 Å². The Morgan fingerprint density at radius 2 is 1.94 bits per heavy atom. The van der Waals surface area contributed by atoms with Crippen LogP contribution in [0.25, 0.3) is 0 Å². The van der Waals surface area contributed by atoms with Crippen molar-refractivity contribution in [1.29, 1.82) is 0 Å². The first-order valence-corrected chi connectivity index (χ1v) is 12.6. The van der Waals surface area contributed by atoms with E-state index in [1.165, 1.54) is 7.11 Å². The third-order valence-corrected chi connectivity index (χ3v) is 10.7. The van der Waals surface area contributed by atoms with E-state index < -0.39 is 22.3 Å². The minimum atomic E-state index is -0.731. The molecule has 0 N–H and O–H groups in total. The molecule has 3 aliphatic carbocycles. The van der Waals surface area contributed by atoms with Crippen LogP contribution in [0.1, 0.15) is 65.0 Å². The van der Waals surface area contributed by atoms with E-state index in [1.54, 1.807) is 18.6 Å². The van der Waals surface area contributed by atoms with Crippen LogP contribution in [0.2, 0.25) is 0 Å². The zero-order valence-corrected chi connectivity index (χ0v) is 21.2. The van der Waals surface area contributed by atoms with Gasteiger partial charge in [-0.2, -0.15) is 0 Å². The summed E-state index contributed by atoms with van der Waals surface area (Å²) in [5, 5.41) is -0.405. The molecule has 0 saturated heterocycles. The third-order valence-electron chi connectivity index (χ3n) is 9.88. The Kier molecular flexibility index (Phi) is 5.36. The number of hydrogen-bond acceptors (Lipinski definition) is 6. The Morgan fingerprint density at radius 3 is 2.59 bits per heavy atom. The van der Waals surface area contributed by atoms with E-state index in [9.17, 15) is 14.4 Å². The molecule has 184 valence electrons. The highest BCUT2D eigenvalue weighted by Gasteiger charge is 2.69. The van der Waals surface area contributed by atoms with Crippen molar-refractivity contribution in [3.05, 3.63) is 35.8 Å². The molecule has 5 rings (SSSR count). The zero-order chi connectivity index (χ0) is 24.6. The molecule has 1 aromatic rings. The molecule has 3 fully saturated rings. The minimum Gasteiger partial charge on any atom is -0.472 e. The van der Waals surface area contributed by atoms with Gasteiger partial charge in [0.1, 0.15) is 11.9 Å². The van der Waals surface area contributed by atoms with Gasteiger partial charge in [-0.25, -0.2) is 4.79 Å². The summed E-state index contributed by atoms with van der Waals surface area (Å²) in [4.78, 5) is 39.2. The molecule has 0 amide bonds. The summed E-state index contributed by atoms with van der Waals surface area (Å²) in [6.45, 7) is 8.35. The zero-order valence-electron chi connectivity index (χ0n) is 20.4. The van der Waals surface area contributed by atoms with Crippen molar-refractivity contribution in [2.75, 3.05) is 7.11 Å². The number of rotatable bonds is 3. The SMILES string of the molecule is COC(=O)C[C@@H]1C(C)(C)[C@H](Cl)[C@H]2C[C@@H]3C4=CC(=O)O[C@@H](c5ccoc5)[C@@]4(C)CC[C@@H]3[C@]1(C)C2=O. The second kappa shape index (κ2) is 7.71. The van der Waals surface area contributed by atoms with Crippen LogP contribution in [0.15, 0.2) is 34.7 Å². The summed E-state index contributed by atoms with van der Waals surface area (Å²) in [6.07, 6.45) is 6.81. The van der Waals surface area contributed by atoms with Crippen molar-refractivity contribution in [2.24, 2.45) is 39.9 Å². The molecule has 7 heteroatoms. The van der Waals surface area contributed by atoms with Crippen LogP contribution in [0.3, 0.4) is 0 Å². The molecule has 0 unspecified atom stereocenters. The van der Waals surface area contributed by atoms with E-state index in [0.717, 1.165) is 24.0 Å². The van der Waals surface area contributed by atoms with Crippen LogP contribution in [0, 0.1) is 39.9 Å². The Morgan fingerprint density at radius 1 is 1.21 bits per heavy atom. The lowest BCUT2D eigenvalue weighted by molar-refractivity contribution is -0.178. The van der Waals surface area contributed by atoms with E-state index in [1.807, 2.05) is 13.0 Å². The predicted octanol–water partition coefficient (Wildman–Crippen LogP) is 5.26. The van der Waals surface area contributed by atoms with Crippen LogP contribution in [0.4, 0.5) is 0 Å². The lowest BCUT2D eigenvalue weighted by Gasteiger charge is -2.65. The maximum Gasteiger partial charge on any atom is 0.331 e. The number of carbonyl (C=O) groups is 3. The van der Waals surface area contributed by atoms with E-state index >= 15 is 0 Å². The number of fused-ring (bicyclic) bond motifs is 6. The summed E-state index contributed by atoms with van der Waals surface area (Å²) >= 11 is 7.04. The number of carbonyl (C=O) groups excluding carboxylic acids is 3. The third kappa shape index (κ3) is 3.03. The molecule has 4 aliphatic rings. The van der Waals surface area contributed by atoms with E-state index in [2.05, 4.69) is 20.8 Å². The first-order chi connectivity index (χ1) is 16.0. The van der Waals surface area contributed by atoms with Crippen LogP contribution in [-0.2, 0) is 23.9 Å². The van der Waals surface area contributed by atoms with E-state index in [4.69, 9.17) is 25.5 Å². The van der Waals surface area contributed by atoms with Crippen molar-refractivity contribution < 1.29 is 28.3 Å². The summed E-state index contributed by atoms with van der Waals surface area (Å²) in [5.41, 5.74) is 0.354. The number of cyclic esters (lactones) is 1. The van der Waals surface area contributed by atoms with Gasteiger partial charge in [0.05, 0.1) is 19.6 Å². The van der Waals surface area contributed by atoms with Crippen molar-refractivity contribution in [1.82, 2.24) is 0 Å². The fourth-order valence-electron chi connectivity index (χ4n) is 8.13. The normalized spacial score (nSPS) is 42.7. The maximum atomic E-state index is 14.0. The molecule has 0 spiro atoms. The number of halogens is 1. The van der Waals surface area contributed by atoms with Crippen LogP contribution < -0.4 is 0 Å². The smallest absolute Gasteiger partial charge is 0.331 e. The van der Waals surface area contributed by atoms with Crippen LogP contribution in [0.5, 0.6) is 0 Å². The standard InChI is InChI=1S/C27H33ClO6/c1-25(2)19(12-20(29)32-5)27(4)17-6-8-26(3)18(15(17)10-16(22(25)28)23(27)31)11-21(30)34-24(26)14-7-9-33-13-14/h7,9,11,13,15-17,19,22,24H,6,8,10,12H2,1-5H3/t15-,16+,17-,19+,22+,24-,26-,27-/m0/s1. The topological polar surface area (TPSA) is 82.8 Å². The molecule has 1 aliphatic heterocycles. The summed E-state index contributed by atoms with van der Waals surface area (Å²) in [7, 11) is 1.38. The Balaban J connectivity index is 1.61. The van der Waals surface area contributed by atoms with E-state index in [0.29, 0.717) is 6.42 Å². The molecule has 0 radical (unpaired) electrons. The van der Waals surface area contributed by atoms with Gasteiger partial charge < -0.3 is 13.9 Å². The largest absolute Gasteiger partial charge is 0.472 e. The number of ketones is 1. The van der Waals surface area contributed by atoms with E-state index in [-0.39, 0.29) is 53.2 Å². The van der Waals surface area contributed by atoms with Crippen molar-refractivity contribution in [2.45, 2.75) is 64.9 Å². The van der Waals surface area contributed by atoms with Gasteiger partial charge in [-0.05, 0) is 54.1 Å². The average Bonchev–Trinajstić information content (AvgIpc) is 3.32. The van der Waals surface area contributed by atoms with Crippen LogP contribution >= 0.6 is 11.6 Å². The molecule has 0 aromatic carbocycles. The fourth-order valence-corrected chi connectivity index (χ4v) is 8.50. The van der Waals surface area contributed by atoms with Crippen molar-refractivity contribution in [3.8, 4) is 0 Å². The quantitative estimate of drug-likeness (QED) is 0.426. The molecule has 6 nitrogen and oxygen atoms in total. The second-order valence-electron chi connectivity index (χ2n) is 11.7. The number of alkyl halides is 1. The number of hydrogen-bond donors (Lipinski definition) is 0. The first kappa shape index (κ1) is 23.7. The Hall–Kier alpha value is -2.08. The fraction of sp³-hybridized carbons (Fsp3) is 0.667. The van der Waals surface area contributed by atoms with Gasteiger partial charge in [0.25, 0.3) is 0 Å². The molecule has 8 atom stereocenters. The molecule has 2 bridgehead atoms. The second-order valence-corrected chi connectivity index (χ2v) is 12.2. The average molecular weight is 489 g/mol. The van der Waals surface area contributed by atoms with Gasteiger partial charge >= 0.3 is 11.9 Å². The van der Waals surface area contributed by atoms with Crippen LogP contribution in [-0.4, -0.2) is 30.2 Å². The Bertz CT molecular complexity index is 1060. The highest BCUT2D eigenvalue weighted by atomic mass is 35.5. The number of furan rings is 1. The van der Waals surface area contributed by atoms with Gasteiger partial charge in [-0.1, -0.05) is 27.7 Å². The molecule has 34 heavy (non-hydrogen) atoms.